The highest BCUT2D eigenvalue weighted by atomic mass is 32.1. The summed E-state index contributed by atoms with van der Waals surface area (Å²) in [4.78, 5) is 9.16. The van der Waals surface area contributed by atoms with E-state index in [0.29, 0.717) is 23.0 Å². The molecular formula is C20H20N6OS. The zero-order valence-electron chi connectivity index (χ0n) is 15.6. The second-order valence-corrected chi connectivity index (χ2v) is 7.12. The molecule has 0 N–H and O–H groups in total. The molecule has 28 heavy (non-hydrogen) atoms. The first-order chi connectivity index (χ1) is 13.6. The molecule has 1 fully saturated rings. The van der Waals surface area contributed by atoms with Crippen LogP contribution in [0.3, 0.4) is 0 Å². The summed E-state index contributed by atoms with van der Waals surface area (Å²) in [5.74, 6) is 1.29. The summed E-state index contributed by atoms with van der Waals surface area (Å²) in [7, 11) is 0. The van der Waals surface area contributed by atoms with Gasteiger partial charge in [0.1, 0.15) is 11.9 Å². The minimum atomic E-state index is 0.370. The number of piperazine rings is 1. The summed E-state index contributed by atoms with van der Waals surface area (Å²) >= 11 is 5.35. The van der Waals surface area contributed by atoms with Crippen LogP contribution < -0.4 is 4.90 Å². The Hall–Kier alpha value is -3.02. The lowest BCUT2D eigenvalue weighted by atomic mass is 10.1. The molecule has 4 rings (SSSR count). The normalized spacial score (nSPS) is 14.8. The molecule has 2 aromatic heterocycles. The first-order valence-corrected chi connectivity index (χ1v) is 9.52. The van der Waals surface area contributed by atoms with Gasteiger partial charge in [-0.3, -0.25) is 4.90 Å². The summed E-state index contributed by atoms with van der Waals surface area (Å²) in [6.45, 7) is 5.87. The van der Waals surface area contributed by atoms with E-state index in [1.54, 1.807) is 23.0 Å². The van der Waals surface area contributed by atoms with Gasteiger partial charge in [-0.15, -0.1) is 5.10 Å². The standard InChI is InChI=1S/C20H20N6OS/c1-15-4-6-16(7-5-15)19-23-26(20(28)27-19)14-24-9-11-25(12-10-24)18-17(13-21)3-2-8-22-18/h2-8H,9-12,14H2,1H3. The van der Waals surface area contributed by atoms with Crippen LogP contribution in [0.2, 0.25) is 0 Å². The van der Waals surface area contributed by atoms with Gasteiger partial charge >= 0.3 is 0 Å². The van der Waals surface area contributed by atoms with Crippen molar-refractivity contribution in [2.75, 3.05) is 31.1 Å². The molecule has 0 unspecified atom stereocenters. The Morgan fingerprint density at radius 3 is 2.61 bits per heavy atom. The first-order valence-electron chi connectivity index (χ1n) is 9.11. The average Bonchev–Trinajstić information content (AvgIpc) is 3.09. The second-order valence-electron chi connectivity index (χ2n) is 6.77. The molecule has 3 heterocycles. The van der Waals surface area contributed by atoms with Crippen LogP contribution >= 0.6 is 12.2 Å². The highest BCUT2D eigenvalue weighted by Crippen LogP contribution is 2.20. The van der Waals surface area contributed by atoms with Crippen LogP contribution in [0.25, 0.3) is 11.5 Å². The molecule has 0 aliphatic carbocycles. The summed E-state index contributed by atoms with van der Waals surface area (Å²) in [6, 6.07) is 13.8. The van der Waals surface area contributed by atoms with Crippen molar-refractivity contribution in [3.63, 3.8) is 0 Å². The van der Waals surface area contributed by atoms with Gasteiger partial charge in [0.2, 0.25) is 5.89 Å². The summed E-state index contributed by atoms with van der Waals surface area (Å²) < 4.78 is 7.41. The monoisotopic (exact) mass is 392 g/mol. The van der Waals surface area contributed by atoms with Gasteiger partial charge in [0, 0.05) is 37.9 Å². The van der Waals surface area contributed by atoms with Crippen LogP contribution in [-0.4, -0.2) is 45.8 Å². The molecule has 0 saturated carbocycles. The van der Waals surface area contributed by atoms with Gasteiger partial charge in [-0.2, -0.15) is 5.26 Å². The smallest absolute Gasteiger partial charge is 0.288 e. The highest BCUT2D eigenvalue weighted by molar-refractivity contribution is 7.71. The third-order valence-corrected chi connectivity index (χ3v) is 5.11. The summed E-state index contributed by atoms with van der Waals surface area (Å²) in [6.07, 6.45) is 1.73. The predicted molar refractivity (Wildman–Crippen MR) is 108 cm³/mol. The molecule has 0 radical (unpaired) electrons. The summed E-state index contributed by atoms with van der Waals surface area (Å²) in [5, 5.41) is 13.8. The average molecular weight is 392 g/mol. The van der Waals surface area contributed by atoms with E-state index in [2.05, 4.69) is 26.0 Å². The van der Waals surface area contributed by atoms with E-state index in [-0.39, 0.29) is 0 Å². The van der Waals surface area contributed by atoms with Crippen molar-refractivity contribution in [3.05, 3.63) is 58.6 Å². The number of nitriles is 1. The van der Waals surface area contributed by atoms with Gasteiger partial charge in [-0.1, -0.05) is 17.7 Å². The van der Waals surface area contributed by atoms with Crippen molar-refractivity contribution in [3.8, 4) is 17.5 Å². The van der Waals surface area contributed by atoms with Gasteiger partial charge in [0.15, 0.2) is 0 Å². The Labute approximate surface area is 168 Å². The quantitative estimate of drug-likeness (QED) is 0.631. The lowest BCUT2D eigenvalue weighted by Crippen LogP contribution is -2.47. The van der Waals surface area contributed by atoms with Crippen molar-refractivity contribution in [2.24, 2.45) is 0 Å². The number of aromatic nitrogens is 3. The number of hydrogen-bond acceptors (Lipinski definition) is 7. The lowest BCUT2D eigenvalue weighted by Gasteiger charge is -2.35. The Balaban J connectivity index is 1.42. The topological polar surface area (TPSA) is 74.1 Å². The van der Waals surface area contributed by atoms with Crippen molar-refractivity contribution in [2.45, 2.75) is 13.6 Å². The molecular weight excluding hydrogens is 372 g/mol. The molecule has 1 aliphatic rings. The van der Waals surface area contributed by atoms with Crippen LogP contribution in [0.1, 0.15) is 11.1 Å². The number of aryl methyl sites for hydroxylation is 1. The predicted octanol–water partition coefficient (Wildman–Crippen LogP) is 3.23. The Kier molecular flexibility index (Phi) is 5.19. The largest absolute Gasteiger partial charge is 0.409 e. The molecule has 0 atom stereocenters. The fourth-order valence-corrected chi connectivity index (χ4v) is 3.41. The van der Waals surface area contributed by atoms with Crippen LogP contribution in [-0.2, 0) is 6.67 Å². The number of hydrogen-bond donors (Lipinski definition) is 0. The fourth-order valence-electron chi connectivity index (χ4n) is 3.24. The number of nitrogens with zero attached hydrogens (tertiary/aromatic N) is 6. The number of pyridine rings is 1. The van der Waals surface area contributed by atoms with E-state index in [0.717, 1.165) is 37.6 Å². The van der Waals surface area contributed by atoms with E-state index in [1.807, 2.05) is 31.2 Å². The van der Waals surface area contributed by atoms with Crippen molar-refractivity contribution in [1.29, 1.82) is 5.26 Å². The SMILES string of the molecule is Cc1ccc(-c2nn(CN3CCN(c4ncccc4C#N)CC3)c(=S)o2)cc1. The minimum absolute atomic E-state index is 0.370. The number of rotatable bonds is 4. The molecule has 1 aromatic carbocycles. The van der Waals surface area contributed by atoms with Crippen LogP contribution in [0.15, 0.2) is 47.0 Å². The number of anilines is 1. The zero-order valence-corrected chi connectivity index (χ0v) is 16.4. The van der Waals surface area contributed by atoms with Gasteiger partial charge in [0.25, 0.3) is 4.84 Å². The molecule has 1 aliphatic heterocycles. The summed E-state index contributed by atoms with van der Waals surface area (Å²) in [5.41, 5.74) is 2.71. The maximum Gasteiger partial charge on any atom is 0.288 e. The first kappa shape index (κ1) is 18.3. The van der Waals surface area contributed by atoms with Crippen LogP contribution in [0, 0.1) is 23.1 Å². The third-order valence-electron chi connectivity index (χ3n) is 4.82. The Morgan fingerprint density at radius 1 is 1.14 bits per heavy atom. The van der Waals surface area contributed by atoms with E-state index in [9.17, 15) is 5.26 Å². The van der Waals surface area contributed by atoms with Gasteiger partial charge < -0.3 is 9.32 Å². The van der Waals surface area contributed by atoms with Gasteiger partial charge in [-0.05, 0) is 43.4 Å². The maximum atomic E-state index is 9.28. The van der Waals surface area contributed by atoms with Crippen LogP contribution in [0.5, 0.6) is 0 Å². The van der Waals surface area contributed by atoms with Gasteiger partial charge in [-0.25, -0.2) is 9.67 Å². The molecule has 1 saturated heterocycles. The third kappa shape index (κ3) is 3.81. The van der Waals surface area contributed by atoms with Crippen molar-refractivity contribution >= 4 is 18.0 Å². The zero-order chi connectivity index (χ0) is 19.5. The van der Waals surface area contributed by atoms with E-state index >= 15 is 0 Å². The maximum absolute atomic E-state index is 9.28. The van der Waals surface area contributed by atoms with E-state index in [4.69, 9.17) is 16.6 Å². The van der Waals surface area contributed by atoms with E-state index < -0.39 is 0 Å². The Morgan fingerprint density at radius 2 is 1.89 bits per heavy atom. The fraction of sp³-hybridized carbons (Fsp3) is 0.300. The van der Waals surface area contributed by atoms with Gasteiger partial charge in [0.05, 0.1) is 12.2 Å². The van der Waals surface area contributed by atoms with Crippen molar-refractivity contribution in [1.82, 2.24) is 19.7 Å². The van der Waals surface area contributed by atoms with Crippen molar-refractivity contribution < 1.29 is 4.42 Å². The minimum Gasteiger partial charge on any atom is -0.409 e. The lowest BCUT2D eigenvalue weighted by molar-refractivity contribution is 0.192. The molecule has 0 spiro atoms. The molecule has 0 amide bonds. The molecule has 3 aromatic rings. The molecule has 142 valence electrons. The molecule has 7 nitrogen and oxygen atoms in total. The molecule has 0 bridgehead atoms. The second kappa shape index (κ2) is 7.92. The number of benzene rings is 1. The highest BCUT2D eigenvalue weighted by Gasteiger charge is 2.21. The van der Waals surface area contributed by atoms with E-state index in [1.165, 1.54) is 5.56 Å². The Bertz CT molecular complexity index is 1060. The molecule has 8 heteroatoms. The van der Waals surface area contributed by atoms with Crippen LogP contribution in [0.4, 0.5) is 5.82 Å².